The predicted molar refractivity (Wildman–Crippen MR) is 52.0 cm³/mol. The van der Waals surface area contributed by atoms with Crippen LogP contribution < -0.4 is 0 Å². The van der Waals surface area contributed by atoms with Gasteiger partial charge >= 0.3 is 0 Å². The molecule has 1 saturated carbocycles. The molecule has 1 nitrogen and oxygen atoms in total. The second-order valence-corrected chi connectivity index (χ2v) is 4.12. The van der Waals surface area contributed by atoms with Gasteiger partial charge < -0.3 is 5.11 Å². The smallest absolute Gasteiger partial charge is 0.0570 e. The van der Waals surface area contributed by atoms with Crippen LogP contribution in [0.5, 0.6) is 0 Å². The van der Waals surface area contributed by atoms with E-state index in [9.17, 15) is 5.11 Å². The minimum Gasteiger partial charge on any atom is -0.393 e. The molecule has 12 heavy (non-hydrogen) atoms. The number of aliphatic hydroxyl groups excluding tert-OH is 1. The molecule has 3 unspecified atom stereocenters. The molecule has 72 valence electrons. The van der Waals surface area contributed by atoms with Crippen LogP contribution in [0.15, 0.2) is 0 Å². The summed E-state index contributed by atoms with van der Waals surface area (Å²) in [6, 6.07) is 0. The van der Waals surface area contributed by atoms with Crippen LogP contribution in [0.3, 0.4) is 0 Å². The summed E-state index contributed by atoms with van der Waals surface area (Å²) in [6.07, 6.45) is 7.31. The zero-order valence-corrected chi connectivity index (χ0v) is 8.42. The Kier molecular flexibility index (Phi) is 4.07. The molecule has 1 rings (SSSR count). The van der Waals surface area contributed by atoms with Crippen LogP contribution in [0.2, 0.25) is 0 Å². The van der Waals surface area contributed by atoms with E-state index < -0.39 is 0 Å². The lowest BCUT2D eigenvalue weighted by atomic mass is 9.87. The molecule has 0 radical (unpaired) electrons. The first-order valence-corrected chi connectivity index (χ1v) is 5.47. The average molecular weight is 170 g/mol. The molecule has 0 aromatic carbocycles. The Bertz CT molecular complexity index is 122. The standard InChI is InChI=1S/C11H22O/c1-3-6-11(12)10-8-5-7-9(10)4-2/h9-12H,3-8H2,1-2H3. The second kappa shape index (κ2) is 4.86. The first-order chi connectivity index (χ1) is 5.79. The zero-order valence-electron chi connectivity index (χ0n) is 8.42. The van der Waals surface area contributed by atoms with E-state index in [0.29, 0.717) is 5.92 Å². The molecule has 0 aliphatic heterocycles. The van der Waals surface area contributed by atoms with Gasteiger partial charge in [-0.1, -0.05) is 39.5 Å². The fourth-order valence-electron chi connectivity index (χ4n) is 2.59. The zero-order chi connectivity index (χ0) is 8.97. The molecule has 1 N–H and O–H groups in total. The maximum absolute atomic E-state index is 9.85. The van der Waals surface area contributed by atoms with E-state index in [2.05, 4.69) is 13.8 Å². The first kappa shape index (κ1) is 10.0. The highest BCUT2D eigenvalue weighted by molar-refractivity contribution is 4.81. The van der Waals surface area contributed by atoms with Crippen LogP contribution in [0.4, 0.5) is 0 Å². The first-order valence-electron chi connectivity index (χ1n) is 5.47. The third-order valence-electron chi connectivity index (χ3n) is 3.32. The van der Waals surface area contributed by atoms with Gasteiger partial charge in [0.05, 0.1) is 6.10 Å². The van der Waals surface area contributed by atoms with Gasteiger partial charge in [-0.3, -0.25) is 0 Å². The van der Waals surface area contributed by atoms with Crippen molar-refractivity contribution in [3.63, 3.8) is 0 Å². The van der Waals surface area contributed by atoms with Gasteiger partial charge in [0, 0.05) is 0 Å². The molecule has 1 heteroatoms. The van der Waals surface area contributed by atoms with Crippen LogP contribution >= 0.6 is 0 Å². The summed E-state index contributed by atoms with van der Waals surface area (Å²) in [6.45, 7) is 4.40. The van der Waals surface area contributed by atoms with E-state index in [1.807, 2.05) is 0 Å². The number of aliphatic hydroxyl groups is 1. The molecule has 3 atom stereocenters. The van der Waals surface area contributed by atoms with Gasteiger partial charge in [0.1, 0.15) is 0 Å². The summed E-state index contributed by atoms with van der Waals surface area (Å²) in [7, 11) is 0. The van der Waals surface area contributed by atoms with Crippen LogP contribution in [0.1, 0.15) is 52.4 Å². The summed E-state index contributed by atoms with van der Waals surface area (Å²) in [5, 5.41) is 9.85. The van der Waals surface area contributed by atoms with Gasteiger partial charge in [-0.05, 0) is 24.7 Å². The van der Waals surface area contributed by atoms with Crippen molar-refractivity contribution in [1.29, 1.82) is 0 Å². The quantitative estimate of drug-likeness (QED) is 0.687. The van der Waals surface area contributed by atoms with Gasteiger partial charge in [0.2, 0.25) is 0 Å². The van der Waals surface area contributed by atoms with E-state index in [1.54, 1.807) is 0 Å². The summed E-state index contributed by atoms with van der Waals surface area (Å²) in [5.74, 6) is 1.43. The summed E-state index contributed by atoms with van der Waals surface area (Å²) in [5.41, 5.74) is 0. The van der Waals surface area contributed by atoms with Gasteiger partial charge in [-0.25, -0.2) is 0 Å². The summed E-state index contributed by atoms with van der Waals surface area (Å²) >= 11 is 0. The molecule has 0 aromatic rings. The molecular weight excluding hydrogens is 148 g/mol. The predicted octanol–water partition coefficient (Wildman–Crippen LogP) is 2.97. The minimum atomic E-state index is -0.0116. The van der Waals surface area contributed by atoms with Gasteiger partial charge in [-0.2, -0.15) is 0 Å². The molecule has 0 bridgehead atoms. The van der Waals surface area contributed by atoms with E-state index >= 15 is 0 Å². The highest BCUT2D eigenvalue weighted by Crippen LogP contribution is 2.37. The lowest BCUT2D eigenvalue weighted by molar-refractivity contribution is 0.0760. The van der Waals surface area contributed by atoms with Crippen molar-refractivity contribution >= 4 is 0 Å². The highest BCUT2D eigenvalue weighted by Gasteiger charge is 2.30. The fraction of sp³-hybridized carbons (Fsp3) is 1.00. The number of hydrogen-bond acceptors (Lipinski definition) is 1. The number of hydrogen-bond donors (Lipinski definition) is 1. The maximum atomic E-state index is 9.85. The molecule has 1 aliphatic carbocycles. The van der Waals surface area contributed by atoms with Crippen molar-refractivity contribution in [2.45, 2.75) is 58.5 Å². The summed E-state index contributed by atoms with van der Waals surface area (Å²) in [4.78, 5) is 0. The lowest BCUT2D eigenvalue weighted by Crippen LogP contribution is -2.23. The van der Waals surface area contributed by atoms with Crippen LogP contribution in [-0.4, -0.2) is 11.2 Å². The number of rotatable bonds is 4. The van der Waals surface area contributed by atoms with Crippen molar-refractivity contribution in [2.75, 3.05) is 0 Å². The fourth-order valence-corrected chi connectivity index (χ4v) is 2.59. The molecular formula is C11H22O. The SMILES string of the molecule is CCCC(O)C1CCCC1CC. The van der Waals surface area contributed by atoms with Crippen molar-refractivity contribution in [1.82, 2.24) is 0 Å². The van der Waals surface area contributed by atoms with Gasteiger partial charge in [-0.15, -0.1) is 0 Å². The average Bonchev–Trinajstić information content (AvgIpc) is 2.51. The third kappa shape index (κ3) is 2.22. The topological polar surface area (TPSA) is 20.2 Å². The molecule has 0 aromatic heterocycles. The third-order valence-corrected chi connectivity index (χ3v) is 3.32. The molecule has 1 aliphatic rings. The van der Waals surface area contributed by atoms with E-state index in [-0.39, 0.29) is 6.10 Å². The van der Waals surface area contributed by atoms with Gasteiger partial charge in [0.25, 0.3) is 0 Å². The van der Waals surface area contributed by atoms with Gasteiger partial charge in [0.15, 0.2) is 0 Å². The maximum Gasteiger partial charge on any atom is 0.0570 e. The Hall–Kier alpha value is -0.0400. The molecule has 0 heterocycles. The Balaban J connectivity index is 2.38. The Morgan fingerprint density at radius 3 is 2.67 bits per heavy atom. The molecule has 1 fully saturated rings. The molecule has 0 amide bonds. The Morgan fingerprint density at radius 1 is 1.33 bits per heavy atom. The summed E-state index contributed by atoms with van der Waals surface area (Å²) < 4.78 is 0. The largest absolute Gasteiger partial charge is 0.393 e. The van der Waals surface area contributed by atoms with Crippen molar-refractivity contribution in [3.8, 4) is 0 Å². The molecule has 0 saturated heterocycles. The Morgan fingerprint density at radius 2 is 2.08 bits per heavy atom. The van der Waals surface area contributed by atoms with E-state index in [4.69, 9.17) is 0 Å². The minimum absolute atomic E-state index is 0.0116. The monoisotopic (exact) mass is 170 g/mol. The normalized spacial score (nSPS) is 32.2. The second-order valence-electron chi connectivity index (χ2n) is 4.12. The van der Waals surface area contributed by atoms with E-state index in [1.165, 1.54) is 25.7 Å². The Labute approximate surface area is 76.2 Å². The lowest BCUT2D eigenvalue weighted by Gasteiger charge is -2.23. The van der Waals surface area contributed by atoms with Crippen molar-refractivity contribution in [2.24, 2.45) is 11.8 Å². The van der Waals surface area contributed by atoms with E-state index in [0.717, 1.165) is 18.8 Å². The molecule has 0 spiro atoms. The highest BCUT2D eigenvalue weighted by atomic mass is 16.3. The van der Waals surface area contributed by atoms with Crippen LogP contribution in [0.25, 0.3) is 0 Å². The van der Waals surface area contributed by atoms with Crippen molar-refractivity contribution in [3.05, 3.63) is 0 Å². The van der Waals surface area contributed by atoms with Crippen LogP contribution in [-0.2, 0) is 0 Å². The van der Waals surface area contributed by atoms with Crippen LogP contribution in [0, 0.1) is 11.8 Å². The van der Waals surface area contributed by atoms with Crippen molar-refractivity contribution < 1.29 is 5.11 Å².